The molecule has 68 valence electrons. The average Bonchev–Trinajstić information content (AvgIpc) is 2.04. The van der Waals surface area contributed by atoms with E-state index in [-0.39, 0.29) is 5.91 Å². The van der Waals surface area contributed by atoms with Crippen LogP contribution in [0.25, 0.3) is 0 Å². The van der Waals surface area contributed by atoms with Crippen molar-refractivity contribution in [2.45, 2.75) is 20.8 Å². The lowest BCUT2D eigenvalue weighted by atomic mass is 9.93. The second-order valence-corrected chi connectivity index (χ2v) is 3.76. The van der Waals surface area contributed by atoms with Crippen LogP contribution in [0, 0.1) is 11.8 Å². The molecule has 1 heterocycles. The molecule has 0 aromatic carbocycles. The van der Waals surface area contributed by atoms with E-state index in [0.29, 0.717) is 11.8 Å². The highest BCUT2D eigenvalue weighted by atomic mass is 16.2. The highest BCUT2D eigenvalue weighted by Crippen LogP contribution is 2.17. The molecule has 0 saturated carbocycles. The lowest BCUT2D eigenvalue weighted by molar-refractivity contribution is -0.129. The monoisotopic (exact) mass is 167 g/mol. The normalized spacial score (nSPS) is 23.3. The maximum atomic E-state index is 11.1. The summed E-state index contributed by atoms with van der Waals surface area (Å²) in [6.45, 7) is 7.70. The zero-order chi connectivity index (χ0) is 9.14. The van der Waals surface area contributed by atoms with Crippen LogP contribution in [0.1, 0.15) is 20.8 Å². The Labute approximate surface area is 74.2 Å². The molecule has 1 unspecified atom stereocenters. The topological polar surface area (TPSA) is 20.3 Å². The third-order valence-electron chi connectivity index (χ3n) is 2.44. The predicted octanol–water partition coefficient (Wildman–Crippen LogP) is 1.68. The molecule has 1 aliphatic heterocycles. The first kappa shape index (κ1) is 9.30. The first-order valence-electron chi connectivity index (χ1n) is 4.53. The van der Waals surface area contributed by atoms with E-state index in [1.54, 1.807) is 6.92 Å². The van der Waals surface area contributed by atoms with Crippen LogP contribution >= 0.6 is 0 Å². The minimum atomic E-state index is 0.185. The van der Waals surface area contributed by atoms with Crippen molar-refractivity contribution in [2.24, 2.45) is 11.8 Å². The summed E-state index contributed by atoms with van der Waals surface area (Å²) in [6, 6.07) is 0. The van der Waals surface area contributed by atoms with Crippen molar-refractivity contribution in [1.82, 2.24) is 4.90 Å². The molecule has 0 aliphatic carbocycles. The molecular formula is C10H17NO. The Balaban J connectivity index is 2.57. The number of hydrogen-bond acceptors (Lipinski definition) is 1. The summed E-state index contributed by atoms with van der Waals surface area (Å²) in [6.07, 6.45) is 4.32. The van der Waals surface area contributed by atoms with Gasteiger partial charge in [0.1, 0.15) is 0 Å². The van der Waals surface area contributed by atoms with Gasteiger partial charge in [0.15, 0.2) is 0 Å². The summed E-state index contributed by atoms with van der Waals surface area (Å²) in [5, 5.41) is 0. The second kappa shape index (κ2) is 3.74. The van der Waals surface area contributed by atoms with Crippen molar-refractivity contribution in [1.29, 1.82) is 0 Å². The van der Waals surface area contributed by atoms with E-state index in [2.05, 4.69) is 26.0 Å². The number of hydrogen-bond donors (Lipinski definition) is 0. The average molecular weight is 167 g/mol. The third-order valence-corrected chi connectivity index (χ3v) is 2.44. The molecule has 0 radical (unpaired) electrons. The van der Waals surface area contributed by atoms with Crippen molar-refractivity contribution in [2.75, 3.05) is 13.1 Å². The van der Waals surface area contributed by atoms with Crippen LogP contribution in [-0.2, 0) is 4.79 Å². The van der Waals surface area contributed by atoms with Gasteiger partial charge in [-0.15, -0.1) is 0 Å². The zero-order valence-electron chi connectivity index (χ0n) is 8.08. The summed E-state index contributed by atoms with van der Waals surface area (Å²) in [7, 11) is 0. The molecule has 0 aromatic heterocycles. The Morgan fingerprint density at radius 3 is 2.75 bits per heavy atom. The fourth-order valence-electron chi connectivity index (χ4n) is 1.44. The minimum Gasteiger partial charge on any atom is -0.339 e. The van der Waals surface area contributed by atoms with Crippen LogP contribution < -0.4 is 0 Å². The first-order chi connectivity index (χ1) is 5.61. The highest BCUT2D eigenvalue weighted by Gasteiger charge is 2.19. The molecule has 0 aromatic rings. The van der Waals surface area contributed by atoms with Crippen LogP contribution in [0.3, 0.4) is 0 Å². The standard InChI is InChI=1S/C10H17NO/c1-8(2)10-5-4-6-11(7-10)9(3)12/h4-5,8,10H,6-7H2,1-3H3. The fraction of sp³-hybridized carbons (Fsp3) is 0.700. The molecule has 1 aliphatic rings. The molecule has 1 amide bonds. The van der Waals surface area contributed by atoms with Crippen molar-refractivity contribution >= 4 is 5.91 Å². The SMILES string of the molecule is CC(=O)N1CC=CC(C(C)C)C1. The summed E-state index contributed by atoms with van der Waals surface area (Å²) in [4.78, 5) is 13.0. The number of nitrogens with zero attached hydrogens (tertiary/aromatic N) is 1. The Hall–Kier alpha value is -0.790. The van der Waals surface area contributed by atoms with Crippen molar-refractivity contribution in [3.8, 4) is 0 Å². The van der Waals surface area contributed by atoms with Gasteiger partial charge in [0.05, 0.1) is 0 Å². The molecule has 2 nitrogen and oxygen atoms in total. The van der Waals surface area contributed by atoms with E-state index >= 15 is 0 Å². The summed E-state index contributed by atoms with van der Waals surface area (Å²) in [5.74, 6) is 1.36. The van der Waals surface area contributed by atoms with Gasteiger partial charge in [-0.2, -0.15) is 0 Å². The Bertz CT molecular complexity index is 196. The summed E-state index contributed by atoms with van der Waals surface area (Å²) < 4.78 is 0. The minimum absolute atomic E-state index is 0.185. The number of carbonyl (C=O) groups excluding carboxylic acids is 1. The second-order valence-electron chi connectivity index (χ2n) is 3.76. The van der Waals surface area contributed by atoms with Gasteiger partial charge in [0.25, 0.3) is 0 Å². The largest absolute Gasteiger partial charge is 0.339 e. The van der Waals surface area contributed by atoms with Gasteiger partial charge in [-0.25, -0.2) is 0 Å². The van der Waals surface area contributed by atoms with E-state index in [1.165, 1.54) is 0 Å². The van der Waals surface area contributed by atoms with Crippen LogP contribution in [0.15, 0.2) is 12.2 Å². The van der Waals surface area contributed by atoms with Gasteiger partial charge >= 0.3 is 0 Å². The van der Waals surface area contributed by atoms with Gasteiger partial charge in [0, 0.05) is 20.0 Å². The van der Waals surface area contributed by atoms with Crippen LogP contribution in [0.5, 0.6) is 0 Å². The molecule has 0 saturated heterocycles. The van der Waals surface area contributed by atoms with Crippen LogP contribution in [0.4, 0.5) is 0 Å². The molecule has 0 N–H and O–H groups in total. The van der Waals surface area contributed by atoms with E-state index in [1.807, 2.05) is 4.90 Å². The Morgan fingerprint density at radius 1 is 1.58 bits per heavy atom. The smallest absolute Gasteiger partial charge is 0.219 e. The van der Waals surface area contributed by atoms with Gasteiger partial charge in [0.2, 0.25) is 5.91 Å². The van der Waals surface area contributed by atoms with Crippen LogP contribution in [-0.4, -0.2) is 23.9 Å². The number of rotatable bonds is 1. The third kappa shape index (κ3) is 2.10. The molecule has 0 fully saturated rings. The van der Waals surface area contributed by atoms with E-state index < -0.39 is 0 Å². The maximum Gasteiger partial charge on any atom is 0.219 e. The Kier molecular flexibility index (Phi) is 2.90. The molecule has 12 heavy (non-hydrogen) atoms. The summed E-state index contributed by atoms with van der Waals surface area (Å²) in [5.41, 5.74) is 0. The predicted molar refractivity (Wildman–Crippen MR) is 49.7 cm³/mol. The van der Waals surface area contributed by atoms with Crippen molar-refractivity contribution in [3.05, 3.63) is 12.2 Å². The quantitative estimate of drug-likeness (QED) is 0.544. The lowest BCUT2D eigenvalue weighted by Crippen LogP contribution is -2.37. The number of amides is 1. The maximum absolute atomic E-state index is 11.1. The molecule has 1 rings (SSSR count). The van der Waals surface area contributed by atoms with E-state index in [4.69, 9.17) is 0 Å². The van der Waals surface area contributed by atoms with Gasteiger partial charge in [-0.05, 0) is 11.8 Å². The lowest BCUT2D eigenvalue weighted by Gasteiger charge is -2.29. The molecule has 2 heteroatoms. The molecular weight excluding hydrogens is 150 g/mol. The number of carbonyl (C=O) groups is 1. The Morgan fingerprint density at radius 2 is 2.25 bits per heavy atom. The van der Waals surface area contributed by atoms with Gasteiger partial charge in [-0.3, -0.25) is 4.79 Å². The first-order valence-corrected chi connectivity index (χ1v) is 4.53. The molecule has 0 spiro atoms. The fourth-order valence-corrected chi connectivity index (χ4v) is 1.44. The van der Waals surface area contributed by atoms with Gasteiger partial charge < -0.3 is 4.90 Å². The van der Waals surface area contributed by atoms with E-state index in [0.717, 1.165) is 13.1 Å². The summed E-state index contributed by atoms with van der Waals surface area (Å²) >= 11 is 0. The van der Waals surface area contributed by atoms with Crippen molar-refractivity contribution < 1.29 is 4.79 Å². The zero-order valence-corrected chi connectivity index (χ0v) is 8.08. The van der Waals surface area contributed by atoms with Gasteiger partial charge in [-0.1, -0.05) is 26.0 Å². The van der Waals surface area contributed by atoms with Crippen LogP contribution in [0.2, 0.25) is 0 Å². The van der Waals surface area contributed by atoms with E-state index in [9.17, 15) is 4.79 Å². The van der Waals surface area contributed by atoms with Crippen molar-refractivity contribution in [3.63, 3.8) is 0 Å². The molecule has 1 atom stereocenters. The highest BCUT2D eigenvalue weighted by molar-refractivity contribution is 5.73. The molecule has 0 bridgehead atoms.